The smallest absolute Gasteiger partial charge is 0.251 e. The monoisotopic (exact) mass is 375 g/mol. The van der Waals surface area contributed by atoms with E-state index >= 15 is 0 Å². The second kappa shape index (κ2) is 9.45. The predicted octanol–water partition coefficient (Wildman–Crippen LogP) is 2.82. The van der Waals surface area contributed by atoms with Crippen molar-refractivity contribution in [1.82, 2.24) is 14.6 Å². The number of amides is 1. The quantitative estimate of drug-likeness (QED) is 0.731. The van der Waals surface area contributed by atoms with Gasteiger partial charge in [-0.2, -0.15) is 4.31 Å². The average molecular weight is 375 g/mol. The highest BCUT2D eigenvalue weighted by Crippen LogP contribution is 2.18. The van der Waals surface area contributed by atoms with Crippen molar-refractivity contribution in [1.29, 1.82) is 0 Å². The van der Waals surface area contributed by atoms with E-state index in [2.05, 4.69) is 10.3 Å². The first-order chi connectivity index (χ1) is 12.5. The molecule has 6 nitrogen and oxygen atoms in total. The molecule has 1 aromatic carbocycles. The summed E-state index contributed by atoms with van der Waals surface area (Å²) in [5.41, 5.74) is 1.20. The lowest BCUT2D eigenvalue weighted by atomic mass is 10.2. The maximum atomic E-state index is 12.9. The lowest BCUT2D eigenvalue weighted by molar-refractivity contribution is 0.0950. The van der Waals surface area contributed by atoms with Crippen LogP contribution >= 0.6 is 0 Å². The zero-order chi connectivity index (χ0) is 19.0. The number of carbonyl (C=O) groups excluding carboxylic acids is 1. The molecular weight excluding hydrogens is 350 g/mol. The van der Waals surface area contributed by atoms with Gasteiger partial charge in [-0.15, -0.1) is 0 Å². The van der Waals surface area contributed by atoms with Gasteiger partial charge >= 0.3 is 0 Å². The number of benzene rings is 1. The maximum absolute atomic E-state index is 12.9. The third-order valence-corrected chi connectivity index (χ3v) is 5.75. The Labute approximate surface area is 155 Å². The summed E-state index contributed by atoms with van der Waals surface area (Å²) in [6, 6.07) is 9.84. The summed E-state index contributed by atoms with van der Waals surface area (Å²) in [6.07, 6.45) is 4.82. The van der Waals surface area contributed by atoms with Gasteiger partial charge in [0, 0.05) is 37.6 Å². The molecule has 7 heteroatoms. The third kappa shape index (κ3) is 5.12. The fourth-order valence-corrected chi connectivity index (χ4v) is 4.26. The molecule has 2 aromatic rings. The first-order valence-electron chi connectivity index (χ1n) is 8.76. The van der Waals surface area contributed by atoms with Crippen molar-refractivity contribution >= 4 is 15.9 Å². The van der Waals surface area contributed by atoms with Gasteiger partial charge in [0.1, 0.15) is 0 Å². The Morgan fingerprint density at radius 3 is 2.46 bits per heavy atom. The molecule has 1 aromatic heterocycles. The summed E-state index contributed by atoms with van der Waals surface area (Å²) >= 11 is 0. The van der Waals surface area contributed by atoms with Gasteiger partial charge in [0.05, 0.1) is 4.90 Å². The summed E-state index contributed by atoms with van der Waals surface area (Å²) < 4.78 is 27.2. The minimum atomic E-state index is -3.61. The molecule has 26 heavy (non-hydrogen) atoms. The van der Waals surface area contributed by atoms with Crippen LogP contribution in [-0.2, 0) is 16.6 Å². The summed E-state index contributed by atoms with van der Waals surface area (Å²) in [4.78, 5) is 16.5. The van der Waals surface area contributed by atoms with Gasteiger partial charge in [-0.3, -0.25) is 9.78 Å². The van der Waals surface area contributed by atoms with E-state index < -0.39 is 10.0 Å². The van der Waals surface area contributed by atoms with Gasteiger partial charge in [0.2, 0.25) is 10.0 Å². The van der Waals surface area contributed by atoms with E-state index in [1.54, 1.807) is 30.6 Å². The van der Waals surface area contributed by atoms with Crippen LogP contribution in [0.25, 0.3) is 0 Å². The Balaban J connectivity index is 2.16. The highest BCUT2D eigenvalue weighted by molar-refractivity contribution is 7.89. The van der Waals surface area contributed by atoms with Gasteiger partial charge in [-0.05, 0) is 42.7 Å². The highest BCUT2D eigenvalue weighted by Gasteiger charge is 2.23. The van der Waals surface area contributed by atoms with Crippen molar-refractivity contribution in [2.75, 3.05) is 13.1 Å². The molecule has 0 unspecified atom stereocenters. The van der Waals surface area contributed by atoms with Crippen LogP contribution < -0.4 is 5.32 Å². The average Bonchev–Trinajstić information content (AvgIpc) is 2.67. The second-order valence-corrected chi connectivity index (χ2v) is 7.91. The van der Waals surface area contributed by atoms with Crippen LogP contribution in [0.2, 0.25) is 0 Å². The van der Waals surface area contributed by atoms with Crippen molar-refractivity contribution < 1.29 is 13.2 Å². The molecule has 0 fully saturated rings. The Bertz CT molecular complexity index is 817. The van der Waals surface area contributed by atoms with E-state index in [-0.39, 0.29) is 10.8 Å². The molecule has 0 aliphatic heterocycles. The molecule has 2 rings (SSSR count). The Kier molecular flexibility index (Phi) is 7.29. The van der Waals surface area contributed by atoms with Crippen molar-refractivity contribution in [3.8, 4) is 0 Å². The summed E-state index contributed by atoms with van der Waals surface area (Å²) in [5, 5.41) is 2.79. The third-order valence-electron chi connectivity index (χ3n) is 3.86. The predicted molar refractivity (Wildman–Crippen MR) is 101 cm³/mol. The number of rotatable bonds is 9. The van der Waals surface area contributed by atoms with Crippen LogP contribution in [0.3, 0.4) is 0 Å². The number of sulfonamides is 1. The fraction of sp³-hybridized carbons (Fsp3) is 0.368. The number of aromatic nitrogens is 1. The van der Waals surface area contributed by atoms with Crippen molar-refractivity contribution in [3.63, 3.8) is 0 Å². The number of pyridine rings is 1. The van der Waals surface area contributed by atoms with Crippen LogP contribution in [-0.4, -0.2) is 36.7 Å². The normalized spacial score (nSPS) is 11.5. The molecule has 0 saturated carbocycles. The number of hydrogen-bond acceptors (Lipinski definition) is 4. The minimum absolute atomic E-state index is 0.147. The Morgan fingerprint density at radius 1 is 1.12 bits per heavy atom. The van der Waals surface area contributed by atoms with Crippen molar-refractivity contribution in [2.45, 2.75) is 38.1 Å². The van der Waals surface area contributed by atoms with Gasteiger partial charge < -0.3 is 5.32 Å². The van der Waals surface area contributed by atoms with Gasteiger partial charge in [0.15, 0.2) is 0 Å². The van der Waals surface area contributed by atoms with Crippen LogP contribution in [0.5, 0.6) is 0 Å². The molecule has 0 radical (unpaired) electrons. The number of nitrogens with one attached hydrogen (secondary N) is 1. The lowest BCUT2D eigenvalue weighted by Gasteiger charge is -2.21. The van der Waals surface area contributed by atoms with E-state index in [0.29, 0.717) is 25.2 Å². The largest absolute Gasteiger partial charge is 0.348 e. The number of carbonyl (C=O) groups is 1. The van der Waals surface area contributed by atoms with Crippen LogP contribution in [0, 0.1) is 0 Å². The van der Waals surface area contributed by atoms with E-state index in [0.717, 1.165) is 18.4 Å². The highest BCUT2D eigenvalue weighted by atomic mass is 32.2. The topological polar surface area (TPSA) is 79.4 Å². The van der Waals surface area contributed by atoms with Crippen molar-refractivity contribution in [3.05, 3.63) is 59.9 Å². The fourth-order valence-electron chi connectivity index (χ4n) is 2.58. The molecule has 0 saturated heterocycles. The standard InChI is InChI=1S/C19H25N3O3S/c1-3-11-22(12-4-2)26(24,25)18-9-5-8-17(13-18)19(23)21-15-16-7-6-10-20-14-16/h5-10,13-14H,3-4,11-12,15H2,1-2H3,(H,21,23). The zero-order valence-electron chi connectivity index (χ0n) is 15.2. The van der Waals surface area contributed by atoms with Gasteiger partial charge in [-0.1, -0.05) is 26.0 Å². The number of nitrogens with zero attached hydrogens (tertiary/aromatic N) is 2. The summed E-state index contributed by atoms with van der Waals surface area (Å²) in [7, 11) is -3.61. The number of hydrogen-bond donors (Lipinski definition) is 1. The molecule has 1 N–H and O–H groups in total. The molecule has 1 heterocycles. The van der Waals surface area contributed by atoms with E-state index in [9.17, 15) is 13.2 Å². The summed E-state index contributed by atoms with van der Waals surface area (Å²) in [6.45, 7) is 5.16. The van der Waals surface area contributed by atoms with Crippen LogP contribution in [0.1, 0.15) is 42.6 Å². The first kappa shape index (κ1) is 20.1. The van der Waals surface area contributed by atoms with Crippen LogP contribution in [0.15, 0.2) is 53.7 Å². The van der Waals surface area contributed by atoms with E-state index in [4.69, 9.17) is 0 Å². The van der Waals surface area contributed by atoms with E-state index in [1.807, 2.05) is 19.9 Å². The molecular formula is C19H25N3O3S. The maximum Gasteiger partial charge on any atom is 0.251 e. The Morgan fingerprint density at radius 2 is 1.85 bits per heavy atom. The van der Waals surface area contributed by atoms with Crippen molar-refractivity contribution in [2.24, 2.45) is 0 Å². The first-order valence-corrected chi connectivity index (χ1v) is 10.2. The molecule has 0 spiro atoms. The van der Waals surface area contributed by atoms with Gasteiger partial charge in [-0.25, -0.2) is 8.42 Å². The second-order valence-electron chi connectivity index (χ2n) is 5.98. The zero-order valence-corrected chi connectivity index (χ0v) is 16.0. The Hall–Kier alpha value is -2.25. The molecule has 0 atom stereocenters. The lowest BCUT2D eigenvalue weighted by Crippen LogP contribution is -2.32. The molecule has 1 amide bonds. The van der Waals surface area contributed by atoms with Crippen LogP contribution in [0.4, 0.5) is 0 Å². The minimum Gasteiger partial charge on any atom is -0.348 e. The molecule has 0 aliphatic carbocycles. The molecule has 0 bridgehead atoms. The van der Waals surface area contributed by atoms with E-state index in [1.165, 1.54) is 16.4 Å². The SMILES string of the molecule is CCCN(CCC)S(=O)(=O)c1cccc(C(=O)NCc2cccnc2)c1. The molecule has 140 valence electrons. The molecule has 0 aliphatic rings. The summed E-state index contributed by atoms with van der Waals surface area (Å²) in [5.74, 6) is -0.316. The van der Waals surface area contributed by atoms with Gasteiger partial charge in [0.25, 0.3) is 5.91 Å².